The molecular weight excluding hydrogens is 156 g/mol. The van der Waals surface area contributed by atoms with Gasteiger partial charge in [0.15, 0.2) is 0 Å². The Balaban J connectivity index is 2.01. The van der Waals surface area contributed by atoms with Gasteiger partial charge in [0.1, 0.15) is 0 Å². The van der Waals surface area contributed by atoms with E-state index in [1.807, 2.05) is 11.8 Å². The molecule has 0 amide bonds. The second-order valence-corrected chi connectivity index (χ2v) is 4.95. The summed E-state index contributed by atoms with van der Waals surface area (Å²) in [7, 11) is 0. The monoisotopic (exact) mass is 174 g/mol. The van der Waals surface area contributed by atoms with Crippen molar-refractivity contribution in [3.8, 4) is 0 Å². The zero-order valence-corrected chi connectivity index (χ0v) is 8.07. The fourth-order valence-electron chi connectivity index (χ4n) is 1.53. The van der Waals surface area contributed by atoms with Gasteiger partial charge in [0.05, 0.1) is 6.61 Å². The number of aliphatic hydroxyl groups excluding tert-OH is 1. The highest BCUT2D eigenvalue weighted by atomic mass is 32.2. The second-order valence-electron chi connectivity index (χ2n) is 3.48. The van der Waals surface area contributed by atoms with Gasteiger partial charge in [0, 0.05) is 5.25 Å². The first-order valence-electron chi connectivity index (χ1n) is 4.55. The third-order valence-electron chi connectivity index (χ3n) is 2.35. The highest BCUT2D eigenvalue weighted by molar-refractivity contribution is 7.99. The van der Waals surface area contributed by atoms with E-state index >= 15 is 0 Å². The van der Waals surface area contributed by atoms with E-state index in [1.165, 1.54) is 31.4 Å². The van der Waals surface area contributed by atoms with E-state index < -0.39 is 0 Å². The summed E-state index contributed by atoms with van der Waals surface area (Å²) in [6.07, 6.45) is 5.70. The number of thioether (sulfide) groups is 1. The molecule has 1 rings (SSSR count). The molecule has 0 radical (unpaired) electrons. The molecule has 0 aromatic rings. The van der Waals surface area contributed by atoms with Crippen molar-refractivity contribution in [1.29, 1.82) is 0 Å². The lowest BCUT2D eigenvalue weighted by Crippen LogP contribution is -2.06. The van der Waals surface area contributed by atoms with E-state index in [2.05, 4.69) is 6.92 Å². The van der Waals surface area contributed by atoms with Gasteiger partial charge in [-0.3, -0.25) is 0 Å². The van der Waals surface area contributed by atoms with E-state index in [4.69, 9.17) is 5.11 Å². The Bertz CT molecular complexity index is 99.7. The van der Waals surface area contributed by atoms with Crippen LogP contribution in [0.2, 0.25) is 0 Å². The largest absolute Gasteiger partial charge is 0.395 e. The van der Waals surface area contributed by atoms with Crippen molar-refractivity contribution in [3.05, 3.63) is 0 Å². The Labute approximate surface area is 73.6 Å². The van der Waals surface area contributed by atoms with Crippen molar-refractivity contribution in [1.82, 2.24) is 0 Å². The van der Waals surface area contributed by atoms with Crippen molar-refractivity contribution >= 4 is 11.8 Å². The number of aliphatic hydroxyl groups is 1. The molecule has 2 heteroatoms. The van der Waals surface area contributed by atoms with E-state index in [1.54, 1.807) is 0 Å². The molecule has 1 N–H and O–H groups in total. The minimum atomic E-state index is 0.331. The van der Waals surface area contributed by atoms with Crippen LogP contribution < -0.4 is 0 Å². The molecule has 0 aromatic carbocycles. The first kappa shape index (κ1) is 9.40. The van der Waals surface area contributed by atoms with E-state index in [0.717, 1.165) is 5.92 Å². The van der Waals surface area contributed by atoms with Gasteiger partial charge < -0.3 is 5.11 Å². The van der Waals surface area contributed by atoms with Gasteiger partial charge in [0.2, 0.25) is 0 Å². The third-order valence-corrected chi connectivity index (χ3v) is 3.73. The average Bonchev–Trinajstić information content (AvgIpc) is 2.52. The topological polar surface area (TPSA) is 20.2 Å². The Hall–Kier alpha value is 0.310. The molecular formula is C9H18OS. The van der Waals surface area contributed by atoms with E-state index in [-0.39, 0.29) is 0 Å². The Kier molecular flexibility index (Phi) is 4.31. The van der Waals surface area contributed by atoms with Crippen molar-refractivity contribution in [2.45, 2.75) is 37.9 Å². The summed E-state index contributed by atoms with van der Waals surface area (Å²) < 4.78 is 0. The van der Waals surface area contributed by atoms with Gasteiger partial charge in [-0.15, -0.1) is 0 Å². The molecule has 0 aliphatic heterocycles. The zero-order chi connectivity index (χ0) is 8.10. The maximum atomic E-state index is 8.79. The van der Waals surface area contributed by atoms with Gasteiger partial charge in [-0.2, -0.15) is 11.8 Å². The lowest BCUT2D eigenvalue weighted by Gasteiger charge is -2.11. The molecule has 1 fully saturated rings. The fraction of sp³-hybridized carbons (Fsp3) is 1.00. The molecule has 11 heavy (non-hydrogen) atoms. The standard InChI is InChI=1S/C9H18OS/c1-8(6-10)11-7-9-4-2-3-5-9/h8-10H,2-7H2,1H3. The lowest BCUT2D eigenvalue weighted by atomic mass is 10.1. The highest BCUT2D eigenvalue weighted by Crippen LogP contribution is 2.28. The Morgan fingerprint density at radius 2 is 2.09 bits per heavy atom. The van der Waals surface area contributed by atoms with Crippen LogP contribution in [0.3, 0.4) is 0 Å². The molecule has 1 aliphatic rings. The van der Waals surface area contributed by atoms with Gasteiger partial charge in [-0.25, -0.2) is 0 Å². The molecule has 0 heterocycles. The SMILES string of the molecule is CC(CO)SCC1CCCC1. The summed E-state index contributed by atoms with van der Waals surface area (Å²) in [5.74, 6) is 2.22. The number of hydrogen-bond acceptors (Lipinski definition) is 2. The summed E-state index contributed by atoms with van der Waals surface area (Å²) in [5.41, 5.74) is 0. The molecule has 1 nitrogen and oxygen atoms in total. The third kappa shape index (κ3) is 3.48. The molecule has 1 saturated carbocycles. The van der Waals surface area contributed by atoms with Crippen LogP contribution in [-0.2, 0) is 0 Å². The molecule has 1 atom stereocenters. The minimum Gasteiger partial charge on any atom is -0.395 e. The molecule has 0 spiro atoms. The number of hydrogen-bond donors (Lipinski definition) is 1. The molecule has 1 aliphatic carbocycles. The van der Waals surface area contributed by atoms with Crippen LogP contribution >= 0.6 is 11.8 Å². The van der Waals surface area contributed by atoms with Crippen molar-refractivity contribution in [2.24, 2.45) is 5.92 Å². The van der Waals surface area contributed by atoms with Crippen molar-refractivity contribution in [2.75, 3.05) is 12.4 Å². The summed E-state index contributed by atoms with van der Waals surface area (Å²) in [6.45, 7) is 2.43. The van der Waals surface area contributed by atoms with E-state index in [9.17, 15) is 0 Å². The maximum Gasteiger partial charge on any atom is 0.0547 e. The second kappa shape index (κ2) is 5.04. The summed E-state index contributed by atoms with van der Waals surface area (Å²) in [5, 5.41) is 9.23. The fourth-order valence-corrected chi connectivity index (χ4v) is 2.57. The molecule has 66 valence electrons. The smallest absolute Gasteiger partial charge is 0.0547 e. The summed E-state index contributed by atoms with van der Waals surface area (Å²) in [6, 6.07) is 0. The Morgan fingerprint density at radius 1 is 1.45 bits per heavy atom. The minimum absolute atomic E-state index is 0.331. The first-order valence-corrected chi connectivity index (χ1v) is 5.60. The van der Waals surface area contributed by atoms with Crippen LogP contribution in [0.5, 0.6) is 0 Å². The van der Waals surface area contributed by atoms with Crippen molar-refractivity contribution < 1.29 is 5.11 Å². The van der Waals surface area contributed by atoms with Crippen LogP contribution in [0.1, 0.15) is 32.6 Å². The van der Waals surface area contributed by atoms with Crippen molar-refractivity contribution in [3.63, 3.8) is 0 Å². The molecule has 1 unspecified atom stereocenters. The van der Waals surface area contributed by atoms with E-state index in [0.29, 0.717) is 11.9 Å². The van der Waals surface area contributed by atoms with Gasteiger partial charge in [-0.1, -0.05) is 19.8 Å². The first-order chi connectivity index (χ1) is 5.33. The van der Waals surface area contributed by atoms with Crippen LogP contribution in [-0.4, -0.2) is 22.7 Å². The van der Waals surface area contributed by atoms with Crippen LogP contribution in [0.15, 0.2) is 0 Å². The predicted octanol–water partition coefficient (Wildman–Crippen LogP) is 2.29. The zero-order valence-electron chi connectivity index (χ0n) is 7.25. The van der Waals surface area contributed by atoms with Gasteiger partial charge in [-0.05, 0) is 24.5 Å². The summed E-state index contributed by atoms with van der Waals surface area (Å²) >= 11 is 1.92. The number of rotatable bonds is 4. The quantitative estimate of drug-likeness (QED) is 0.705. The average molecular weight is 174 g/mol. The molecule has 0 aromatic heterocycles. The summed E-state index contributed by atoms with van der Waals surface area (Å²) in [4.78, 5) is 0. The van der Waals surface area contributed by atoms with Crippen LogP contribution in [0.4, 0.5) is 0 Å². The van der Waals surface area contributed by atoms with Gasteiger partial charge >= 0.3 is 0 Å². The molecule has 0 saturated heterocycles. The van der Waals surface area contributed by atoms with Gasteiger partial charge in [0.25, 0.3) is 0 Å². The molecule has 0 bridgehead atoms. The van der Waals surface area contributed by atoms with Crippen LogP contribution in [0.25, 0.3) is 0 Å². The van der Waals surface area contributed by atoms with Crippen LogP contribution in [0, 0.1) is 5.92 Å². The highest BCUT2D eigenvalue weighted by Gasteiger charge is 2.15. The normalized spacial score (nSPS) is 22.4. The maximum absolute atomic E-state index is 8.79. The lowest BCUT2D eigenvalue weighted by molar-refractivity contribution is 0.300. The Morgan fingerprint density at radius 3 is 2.64 bits per heavy atom. The predicted molar refractivity (Wildman–Crippen MR) is 51.0 cm³/mol.